The first-order valence-corrected chi connectivity index (χ1v) is 9.45. The van der Waals surface area contributed by atoms with Crippen molar-refractivity contribution in [2.75, 3.05) is 6.26 Å². The molecule has 8 heteroatoms. The number of aliphatic hydroxyl groups excluding tert-OH is 1. The van der Waals surface area contributed by atoms with Gasteiger partial charge in [0.1, 0.15) is 10.6 Å². The Kier molecular flexibility index (Phi) is 5.11. The molecule has 3 N–H and O–H groups in total. The maximum atomic E-state index is 12.5. The highest BCUT2D eigenvalue weighted by Gasteiger charge is 2.29. The van der Waals surface area contributed by atoms with Crippen LogP contribution >= 0.6 is 11.8 Å². The zero-order valence-corrected chi connectivity index (χ0v) is 13.4. The molecule has 1 fully saturated rings. The molecule has 2 rings (SSSR count). The highest BCUT2D eigenvalue weighted by molar-refractivity contribution is 7.99. The van der Waals surface area contributed by atoms with Gasteiger partial charge in [-0.3, -0.25) is 5.10 Å². The number of H-pyrrole nitrogens is 1. The smallest absolute Gasteiger partial charge is 0.244 e. The maximum Gasteiger partial charge on any atom is 0.244 e. The van der Waals surface area contributed by atoms with Crippen molar-refractivity contribution in [2.45, 2.75) is 55.4 Å². The minimum atomic E-state index is -3.63. The molecule has 0 saturated heterocycles. The van der Waals surface area contributed by atoms with Gasteiger partial charge >= 0.3 is 0 Å². The molecular weight excluding hydrogens is 298 g/mol. The lowest BCUT2D eigenvalue weighted by Crippen LogP contribution is -2.39. The molecule has 20 heavy (non-hydrogen) atoms. The lowest BCUT2D eigenvalue weighted by atomic mass is 9.96. The molecule has 2 atom stereocenters. The molecule has 0 spiro atoms. The van der Waals surface area contributed by atoms with Crippen molar-refractivity contribution in [3.63, 3.8) is 0 Å². The van der Waals surface area contributed by atoms with Crippen LogP contribution in [0.5, 0.6) is 0 Å². The quantitative estimate of drug-likeness (QED) is 0.757. The highest BCUT2D eigenvalue weighted by atomic mass is 32.2. The summed E-state index contributed by atoms with van der Waals surface area (Å²) in [7, 11) is -3.63. The summed E-state index contributed by atoms with van der Waals surface area (Å²) >= 11 is 1.79. The van der Waals surface area contributed by atoms with Gasteiger partial charge in [-0.05, 0) is 32.4 Å². The molecule has 0 amide bonds. The predicted molar refractivity (Wildman–Crippen MR) is 79.1 cm³/mol. The molecule has 1 aromatic rings. The fraction of sp³-hybridized carbons (Fsp3) is 0.750. The average molecular weight is 319 g/mol. The Labute approximate surface area is 123 Å². The summed E-state index contributed by atoms with van der Waals surface area (Å²) in [6.45, 7) is 1.25. The Bertz CT molecular complexity index is 556. The molecule has 1 aromatic heterocycles. The fourth-order valence-electron chi connectivity index (χ4n) is 2.68. The number of nitrogens with one attached hydrogen (secondary N) is 2. The summed E-state index contributed by atoms with van der Waals surface area (Å²) in [5.74, 6) is 0. The van der Waals surface area contributed by atoms with Crippen molar-refractivity contribution in [3.8, 4) is 0 Å². The molecule has 0 bridgehead atoms. The van der Waals surface area contributed by atoms with E-state index in [2.05, 4.69) is 21.2 Å². The molecule has 1 aliphatic carbocycles. The number of sulfonamides is 1. The Balaban J connectivity index is 2.16. The van der Waals surface area contributed by atoms with Crippen LogP contribution < -0.4 is 4.72 Å². The van der Waals surface area contributed by atoms with Gasteiger partial charge < -0.3 is 5.11 Å². The number of aromatic nitrogens is 2. The number of aryl methyl sites for hydroxylation is 1. The number of aromatic amines is 1. The first kappa shape index (κ1) is 15.8. The van der Waals surface area contributed by atoms with Crippen molar-refractivity contribution in [2.24, 2.45) is 0 Å². The van der Waals surface area contributed by atoms with Gasteiger partial charge in [-0.1, -0.05) is 6.42 Å². The summed E-state index contributed by atoms with van der Waals surface area (Å²) in [5.41, 5.74) is 0.631. The normalized spacial score (nSPS) is 23.9. The van der Waals surface area contributed by atoms with E-state index in [0.29, 0.717) is 10.9 Å². The van der Waals surface area contributed by atoms with Crippen molar-refractivity contribution < 1.29 is 13.5 Å². The Morgan fingerprint density at radius 2 is 2.25 bits per heavy atom. The van der Waals surface area contributed by atoms with Gasteiger partial charge in [-0.2, -0.15) is 16.9 Å². The second-order valence-corrected chi connectivity index (χ2v) is 7.91. The third kappa shape index (κ3) is 3.36. The molecule has 6 nitrogen and oxygen atoms in total. The van der Waals surface area contributed by atoms with E-state index in [0.717, 1.165) is 25.7 Å². The SMILES string of the molecule is CSC1CCCC(NS(=O)(=O)c2c(CO)n[nH]c2C)C1. The monoisotopic (exact) mass is 319 g/mol. The van der Waals surface area contributed by atoms with Crippen molar-refractivity contribution in [1.29, 1.82) is 0 Å². The second kappa shape index (κ2) is 6.46. The molecular formula is C12H21N3O3S2. The highest BCUT2D eigenvalue weighted by Crippen LogP contribution is 2.28. The van der Waals surface area contributed by atoms with Gasteiger partial charge in [-0.15, -0.1) is 0 Å². The van der Waals surface area contributed by atoms with Crippen LogP contribution in [-0.2, 0) is 16.6 Å². The van der Waals surface area contributed by atoms with Crippen LogP contribution in [0.15, 0.2) is 4.90 Å². The summed E-state index contributed by atoms with van der Waals surface area (Å²) in [4.78, 5) is 0.0891. The summed E-state index contributed by atoms with van der Waals surface area (Å²) in [6.07, 6.45) is 5.96. The topological polar surface area (TPSA) is 95.1 Å². The molecule has 1 saturated carbocycles. The van der Waals surface area contributed by atoms with Gasteiger partial charge in [-0.25, -0.2) is 13.1 Å². The number of hydrogen-bond donors (Lipinski definition) is 3. The van der Waals surface area contributed by atoms with E-state index in [4.69, 9.17) is 0 Å². The number of nitrogens with zero attached hydrogens (tertiary/aromatic N) is 1. The van der Waals surface area contributed by atoms with E-state index >= 15 is 0 Å². The molecule has 0 aromatic carbocycles. The van der Waals surface area contributed by atoms with Crippen LogP contribution in [0.25, 0.3) is 0 Å². The molecule has 114 valence electrons. The van der Waals surface area contributed by atoms with Crippen molar-refractivity contribution in [1.82, 2.24) is 14.9 Å². The van der Waals surface area contributed by atoms with Crippen LogP contribution in [0.1, 0.15) is 37.1 Å². The molecule has 1 aliphatic rings. The summed E-state index contributed by atoms with van der Waals surface area (Å²) in [6, 6.07) is -0.0351. The van der Waals surface area contributed by atoms with E-state index in [1.807, 2.05) is 0 Å². The van der Waals surface area contributed by atoms with Crippen molar-refractivity contribution >= 4 is 21.8 Å². The van der Waals surface area contributed by atoms with Crippen LogP contribution in [-0.4, -0.2) is 41.3 Å². The minimum Gasteiger partial charge on any atom is -0.390 e. The lowest BCUT2D eigenvalue weighted by Gasteiger charge is -2.28. The van der Waals surface area contributed by atoms with Crippen LogP contribution in [0, 0.1) is 6.92 Å². The molecule has 0 aliphatic heterocycles. The molecule has 0 radical (unpaired) electrons. The Hall–Kier alpha value is -0.570. The number of hydrogen-bond acceptors (Lipinski definition) is 5. The van der Waals surface area contributed by atoms with Gasteiger partial charge in [0.15, 0.2) is 0 Å². The van der Waals surface area contributed by atoms with E-state index in [9.17, 15) is 13.5 Å². The van der Waals surface area contributed by atoms with Gasteiger partial charge in [0.25, 0.3) is 0 Å². The van der Waals surface area contributed by atoms with Gasteiger partial charge in [0.2, 0.25) is 10.0 Å². The summed E-state index contributed by atoms with van der Waals surface area (Å²) in [5, 5.41) is 16.2. The van der Waals surface area contributed by atoms with Crippen LogP contribution in [0.4, 0.5) is 0 Å². The fourth-order valence-corrected chi connectivity index (χ4v) is 5.14. The van der Waals surface area contributed by atoms with Crippen LogP contribution in [0.2, 0.25) is 0 Å². The first-order chi connectivity index (χ1) is 9.47. The van der Waals surface area contributed by atoms with E-state index in [-0.39, 0.29) is 16.6 Å². The van der Waals surface area contributed by atoms with Gasteiger partial charge in [0, 0.05) is 11.3 Å². The minimum absolute atomic E-state index is 0.0351. The molecule has 2 unspecified atom stereocenters. The number of aliphatic hydroxyl groups is 1. The van der Waals surface area contributed by atoms with Crippen molar-refractivity contribution in [3.05, 3.63) is 11.4 Å². The third-order valence-electron chi connectivity index (χ3n) is 3.66. The molecule has 1 heterocycles. The standard InChI is InChI=1S/C12H21N3O3S2/c1-8-12(11(7-16)14-13-8)20(17,18)15-9-4-3-5-10(6-9)19-2/h9-10,15-16H,3-7H2,1-2H3,(H,13,14). The predicted octanol–water partition coefficient (Wildman–Crippen LogP) is 1.16. The maximum absolute atomic E-state index is 12.5. The zero-order valence-electron chi connectivity index (χ0n) is 11.7. The van der Waals surface area contributed by atoms with E-state index in [1.165, 1.54) is 0 Å². The Morgan fingerprint density at radius 1 is 1.50 bits per heavy atom. The third-order valence-corrected chi connectivity index (χ3v) is 6.48. The summed E-state index contributed by atoms with van der Waals surface area (Å²) < 4.78 is 27.7. The lowest BCUT2D eigenvalue weighted by molar-refractivity contribution is 0.273. The zero-order chi connectivity index (χ0) is 14.8. The van der Waals surface area contributed by atoms with E-state index in [1.54, 1.807) is 18.7 Å². The largest absolute Gasteiger partial charge is 0.390 e. The second-order valence-electron chi connectivity index (χ2n) is 5.13. The Morgan fingerprint density at radius 3 is 2.90 bits per heavy atom. The van der Waals surface area contributed by atoms with E-state index < -0.39 is 16.6 Å². The van der Waals surface area contributed by atoms with Crippen LogP contribution in [0.3, 0.4) is 0 Å². The number of thioether (sulfide) groups is 1. The number of rotatable bonds is 5. The average Bonchev–Trinajstić information content (AvgIpc) is 2.80. The van der Waals surface area contributed by atoms with Gasteiger partial charge in [0.05, 0.1) is 12.3 Å². The first-order valence-electron chi connectivity index (χ1n) is 6.67.